The van der Waals surface area contributed by atoms with E-state index in [-0.39, 0.29) is 18.1 Å². The first-order valence-corrected chi connectivity index (χ1v) is 5.52. The third-order valence-corrected chi connectivity index (χ3v) is 3.54. The van der Waals surface area contributed by atoms with E-state index in [1.54, 1.807) is 6.92 Å². The van der Waals surface area contributed by atoms with Gasteiger partial charge >= 0.3 is 0 Å². The molecular weight excluding hydrogens is 222 g/mol. The number of hydrogen-bond donors (Lipinski definition) is 1. The molecule has 1 fully saturated rings. The highest BCUT2D eigenvalue weighted by Gasteiger charge is 2.58. The number of rotatable bonds is 3. The predicted octanol–water partition coefficient (Wildman–Crippen LogP) is 1.40. The lowest BCUT2D eigenvalue weighted by Gasteiger charge is -2.25. The second-order valence-corrected chi connectivity index (χ2v) is 4.49. The molecule has 2 rings (SSSR count). The molecule has 92 valence electrons. The van der Waals surface area contributed by atoms with Crippen molar-refractivity contribution in [2.45, 2.75) is 18.6 Å². The minimum absolute atomic E-state index is 0.216. The second kappa shape index (κ2) is 4.43. The highest BCUT2D eigenvalue weighted by molar-refractivity contribution is 5.22. The first kappa shape index (κ1) is 12.0. The summed E-state index contributed by atoms with van der Waals surface area (Å²) in [6.07, 6.45) is -0.601. The molecule has 1 aromatic carbocycles. The van der Waals surface area contributed by atoms with Gasteiger partial charge in [0.2, 0.25) is 0 Å². The Bertz CT molecular complexity index is 408. The molecule has 0 unspecified atom stereocenters. The molecule has 5 heteroatoms. The first-order valence-electron chi connectivity index (χ1n) is 5.52. The van der Waals surface area contributed by atoms with Crippen LogP contribution in [-0.2, 0) is 4.74 Å². The third kappa shape index (κ3) is 1.81. The zero-order valence-corrected chi connectivity index (χ0v) is 9.57. The maximum atomic E-state index is 11.3. The highest BCUT2D eigenvalue weighted by atomic mass is 16.6. The molecule has 1 aromatic rings. The average molecular weight is 237 g/mol. The van der Waals surface area contributed by atoms with E-state index in [4.69, 9.17) is 4.74 Å². The van der Waals surface area contributed by atoms with E-state index < -0.39 is 17.6 Å². The molecule has 1 N–H and O–H groups in total. The van der Waals surface area contributed by atoms with Gasteiger partial charge in [-0.2, -0.15) is 0 Å². The molecule has 0 amide bonds. The Hall–Kier alpha value is -1.46. The molecule has 5 nitrogen and oxygen atoms in total. The molecular formula is C12H15NO4. The molecule has 3 atom stereocenters. The largest absolute Gasteiger partial charge is 0.396 e. The lowest BCUT2D eigenvalue weighted by atomic mass is 9.82. The Morgan fingerprint density at radius 1 is 1.53 bits per heavy atom. The quantitative estimate of drug-likeness (QED) is 0.637. The average Bonchev–Trinajstić information content (AvgIpc) is 2.68. The van der Waals surface area contributed by atoms with Crippen molar-refractivity contribution in [1.82, 2.24) is 0 Å². The zero-order valence-electron chi connectivity index (χ0n) is 9.57. The van der Waals surface area contributed by atoms with Crippen LogP contribution in [0.25, 0.3) is 0 Å². The van der Waals surface area contributed by atoms with Gasteiger partial charge in [0.15, 0.2) is 6.10 Å². The molecule has 0 spiro atoms. The maximum Gasteiger partial charge on any atom is 0.256 e. The van der Waals surface area contributed by atoms with Crippen molar-refractivity contribution in [3.05, 3.63) is 46.0 Å². The maximum absolute atomic E-state index is 11.3. The number of aliphatic hydroxyl groups excluding tert-OH is 1. The molecule has 0 saturated carbocycles. The van der Waals surface area contributed by atoms with Crippen LogP contribution in [0.4, 0.5) is 0 Å². The second-order valence-electron chi connectivity index (χ2n) is 4.49. The van der Waals surface area contributed by atoms with E-state index in [1.165, 1.54) is 0 Å². The molecule has 0 aliphatic carbocycles. The normalized spacial score (nSPS) is 32.6. The van der Waals surface area contributed by atoms with E-state index in [9.17, 15) is 15.2 Å². The lowest BCUT2D eigenvalue weighted by Crippen LogP contribution is -2.45. The summed E-state index contributed by atoms with van der Waals surface area (Å²) in [5, 5.41) is 20.5. The van der Waals surface area contributed by atoms with Gasteiger partial charge < -0.3 is 9.84 Å². The number of nitro groups is 1. The number of aliphatic hydroxyl groups is 1. The molecule has 1 heterocycles. The molecule has 0 bridgehead atoms. The van der Waals surface area contributed by atoms with Crippen molar-refractivity contribution in [3.63, 3.8) is 0 Å². The van der Waals surface area contributed by atoms with Crippen LogP contribution in [0, 0.1) is 16.0 Å². The Kier molecular flexibility index (Phi) is 3.13. The van der Waals surface area contributed by atoms with Gasteiger partial charge in [-0.3, -0.25) is 10.1 Å². The first-order chi connectivity index (χ1) is 8.10. The Labute approximate surface area is 99.2 Å². The fourth-order valence-corrected chi connectivity index (χ4v) is 2.31. The molecule has 0 aromatic heterocycles. The number of hydrogen-bond acceptors (Lipinski definition) is 4. The van der Waals surface area contributed by atoms with Crippen LogP contribution < -0.4 is 0 Å². The van der Waals surface area contributed by atoms with Gasteiger partial charge in [0.25, 0.3) is 5.54 Å². The Morgan fingerprint density at radius 3 is 2.71 bits per heavy atom. The van der Waals surface area contributed by atoms with Crippen LogP contribution in [0.2, 0.25) is 0 Å². The van der Waals surface area contributed by atoms with Gasteiger partial charge in [-0.05, 0) is 5.56 Å². The summed E-state index contributed by atoms with van der Waals surface area (Å²) in [5.41, 5.74) is -0.488. The lowest BCUT2D eigenvalue weighted by molar-refractivity contribution is -0.580. The monoisotopic (exact) mass is 237 g/mol. The Morgan fingerprint density at radius 2 is 2.18 bits per heavy atom. The van der Waals surface area contributed by atoms with Crippen molar-refractivity contribution >= 4 is 0 Å². The number of benzene rings is 1. The van der Waals surface area contributed by atoms with Gasteiger partial charge in [0.1, 0.15) is 0 Å². The van der Waals surface area contributed by atoms with Crippen LogP contribution >= 0.6 is 0 Å². The summed E-state index contributed by atoms with van der Waals surface area (Å²) >= 11 is 0. The van der Waals surface area contributed by atoms with Gasteiger partial charge in [0, 0.05) is 11.8 Å². The SMILES string of the molecule is C[C@]1([N+](=O)[O-])[C@H](CO)CO[C@@H]1c1ccccc1. The number of ether oxygens (including phenoxy) is 1. The van der Waals surface area contributed by atoms with Crippen molar-refractivity contribution < 1.29 is 14.8 Å². The molecule has 1 aliphatic heterocycles. The fourth-order valence-electron chi connectivity index (χ4n) is 2.31. The summed E-state index contributed by atoms with van der Waals surface area (Å²) in [6.45, 7) is 1.52. The van der Waals surface area contributed by atoms with Crippen molar-refractivity contribution in [2.75, 3.05) is 13.2 Å². The van der Waals surface area contributed by atoms with Crippen molar-refractivity contribution in [3.8, 4) is 0 Å². The minimum Gasteiger partial charge on any atom is -0.396 e. The summed E-state index contributed by atoms with van der Waals surface area (Å²) < 4.78 is 5.52. The molecule has 17 heavy (non-hydrogen) atoms. The summed E-state index contributed by atoms with van der Waals surface area (Å²) in [7, 11) is 0. The van der Waals surface area contributed by atoms with Crippen LogP contribution in [0.3, 0.4) is 0 Å². The van der Waals surface area contributed by atoms with Crippen molar-refractivity contribution in [2.24, 2.45) is 5.92 Å². The van der Waals surface area contributed by atoms with Gasteiger partial charge in [-0.15, -0.1) is 0 Å². The van der Waals surface area contributed by atoms with E-state index in [0.29, 0.717) is 0 Å². The highest BCUT2D eigenvalue weighted by Crippen LogP contribution is 2.43. The predicted molar refractivity (Wildman–Crippen MR) is 61.1 cm³/mol. The number of nitrogens with zero attached hydrogens (tertiary/aromatic N) is 1. The summed E-state index contributed by atoms with van der Waals surface area (Å²) in [5.74, 6) is -0.470. The van der Waals surface area contributed by atoms with Crippen LogP contribution in [0.1, 0.15) is 18.6 Å². The Balaban J connectivity index is 2.39. The molecule has 1 aliphatic rings. The van der Waals surface area contributed by atoms with E-state index in [1.807, 2.05) is 30.3 Å². The fraction of sp³-hybridized carbons (Fsp3) is 0.500. The van der Waals surface area contributed by atoms with E-state index >= 15 is 0 Å². The van der Waals surface area contributed by atoms with E-state index in [0.717, 1.165) is 5.56 Å². The van der Waals surface area contributed by atoms with Crippen LogP contribution in [0.5, 0.6) is 0 Å². The van der Waals surface area contributed by atoms with E-state index in [2.05, 4.69) is 0 Å². The van der Waals surface area contributed by atoms with Gasteiger partial charge in [-0.1, -0.05) is 30.3 Å². The minimum atomic E-state index is -1.27. The standard InChI is InChI=1S/C12H15NO4/c1-12(13(15)16)10(7-14)8-17-11(12)9-5-3-2-4-6-9/h2-6,10-11,14H,7-8H2,1H3/t10-,11-,12+/m1/s1. The zero-order chi connectivity index (χ0) is 12.5. The third-order valence-electron chi connectivity index (χ3n) is 3.54. The summed E-state index contributed by atoms with van der Waals surface area (Å²) in [6, 6.07) is 9.13. The molecule has 1 saturated heterocycles. The van der Waals surface area contributed by atoms with Gasteiger partial charge in [0.05, 0.1) is 19.1 Å². The van der Waals surface area contributed by atoms with Crippen molar-refractivity contribution in [1.29, 1.82) is 0 Å². The summed E-state index contributed by atoms with van der Waals surface area (Å²) in [4.78, 5) is 11.0. The molecule has 0 radical (unpaired) electrons. The smallest absolute Gasteiger partial charge is 0.256 e. The van der Waals surface area contributed by atoms with Crippen LogP contribution in [-0.4, -0.2) is 28.8 Å². The van der Waals surface area contributed by atoms with Gasteiger partial charge in [-0.25, -0.2) is 0 Å². The topological polar surface area (TPSA) is 72.6 Å². The van der Waals surface area contributed by atoms with Crippen LogP contribution in [0.15, 0.2) is 30.3 Å².